The summed E-state index contributed by atoms with van der Waals surface area (Å²) < 4.78 is 8.06. The third kappa shape index (κ3) is 5.29. The van der Waals surface area contributed by atoms with Crippen molar-refractivity contribution in [3.63, 3.8) is 0 Å². The van der Waals surface area contributed by atoms with Crippen LogP contribution >= 0.6 is 11.6 Å². The van der Waals surface area contributed by atoms with Crippen LogP contribution in [0.3, 0.4) is 0 Å². The molecule has 4 rings (SSSR count). The van der Waals surface area contributed by atoms with Crippen LogP contribution < -0.4 is 10.1 Å². The molecule has 3 aromatic carbocycles. The number of para-hydroxylation sites is 2. The lowest BCUT2D eigenvalue weighted by molar-refractivity contribution is 0.0953. The van der Waals surface area contributed by atoms with Crippen LogP contribution in [0.5, 0.6) is 5.75 Å². The molecular formula is C26H26ClN3O2. The molecule has 5 nitrogen and oxygen atoms in total. The van der Waals surface area contributed by atoms with Gasteiger partial charge in [0.05, 0.1) is 17.6 Å². The molecule has 4 aromatic rings. The van der Waals surface area contributed by atoms with Crippen LogP contribution in [0.15, 0.2) is 72.8 Å². The first kappa shape index (κ1) is 21.9. The average molecular weight is 448 g/mol. The lowest BCUT2D eigenvalue weighted by atomic mass is 10.1. The maximum atomic E-state index is 12.5. The SMILES string of the molecule is Cc1ccccc1C(=O)NCCc1nc2ccccc2n1CCCOc1ccc(Cl)cc1. The van der Waals surface area contributed by atoms with Gasteiger partial charge in [-0.2, -0.15) is 0 Å². The van der Waals surface area contributed by atoms with Crippen molar-refractivity contribution in [3.8, 4) is 5.75 Å². The van der Waals surface area contributed by atoms with E-state index in [-0.39, 0.29) is 5.91 Å². The zero-order chi connectivity index (χ0) is 22.3. The van der Waals surface area contributed by atoms with Gasteiger partial charge in [0, 0.05) is 30.1 Å². The molecule has 0 spiro atoms. The molecule has 0 saturated carbocycles. The molecule has 0 radical (unpaired) electrons. The molecule has 32 heavy (non-hydrogen) atoms. The Morgan fingerprint density at radius 3 is 2.59 bits per heavy atom. The molecule has 6 heteroatoms. The van der Waals surface area contributed by atoms with Gasteiger partial charge in [-0.15, -0.1) is 0 Å². The summed E-state index contributed by atoms with van der Waals surface area (Å²) in [5, 5.41) is 3.72. The lowest BCUT2D eigenvalue weighted by Crippen LogP contribution is -2.27. The smallest absolute Gasteiger partial charge is 0.251 e. The number of hydrogen-bond acceptors (Lipinski definition) is 3. The first-order chi connectivity index (χ1) is 15.6. The maximum Gasteiger partial charge on any atom is 0.251 e. The number of rotatable bonds is 9. The van der Waals surface area contributed by atoms with E-state index in [0.29, 0.717) is 30.2 Å². The second-order valence-corrected chi connectivity index (χ2v) is 8.08. The monoisotopic (exact) mass is 447 g/mol. The van der Waals surface area contributed by atoms with E-state index >= 15 is 0 Å². The van der Waals surface area contributed by atoms with E-state index in [4.69, 9.17) is 21.3 Å². The highest BCUT2D eigenvalue weighted by Gasteiger charge is 2.12. The highest BCUT2D eigenvalue weighted by atomic mass is 35.5. The molecule has 0 aliphatic carbocycles. The predicted molar refractivity (Wildman–Crippen MR) is 129 cm³/mol. The van der Waals surface area contributed by atoms with Gasteiger partial charge in [-0.05, 0) is 61.4 Å². The Bertz CT molecular complexity index is 1200. The molecule has 1 heterocycles. The molecule has 0 atom stereocenters. The summed E-state index contributed by atoms with van der Waals surface area (Å²) in [5.74, 6) is 1.72. The van der Waals surface area contributed by atoms with Crippen molar-refractivity contribution in [1.29, 1.82) is 0 Å². The number of nitrogens with one attached hydrogen (secondary N) is 1. The van der Waals surface area contributed by atoms with Crippen molar-refractivity contribution in [2.24, 2.45) is 0 Å². The van der Waals surface area contributed by atoms with E-state index in [1.54, 1.807) is 0 Å². The highest BCUT2D eigenvalue weighted by molar-refractivity contribution is 6.30. The summed E-state index contributed by atoms with van der Waals surface area (Å²) in [7, 11) is 0. The first-order valence-electron chi connectivity index (χ1n) is 10.8. The van der Waals surface area contributed by atoms with Crippen molar-refractivity contribution in [2.75, 3.05) is 13.2 Å². The highest BCUT2D eigenvalue weighted by Crippen LogP contribution is 2.18. The fourth-order valence-electron chi connectivity index (χ4n) is 3.72. The average Bonchev–Trinajstić information content (AvgIpc) is 3.15. The van der Waals surface area contributed by atoms with Crippen LogP contribution in [-0.2, 0) is 13.0 Å². The first-order valence-corrected chi connectivity index (χ1v) is 11.2. The Hall–Kier alpha value is -3.31. The van der Waals surface area contributed by atoms with Crippen LogP contribution in [0, 0.1) is 6.92 Å². The minimum atomic E-state index is -0.0536. The van der Waals surface area contributed by atoms with Crippen LogP contribution in [0.1, 0.15) is 28.2 Å². The number of halogens is 1. The zero-order valence-electron chi connectivity index (χ0n) is 18.1. The Morgan fingerprint density at radius 2 is 1.78 bits per heavy atom. The van der Waals surface area contributed by atoms with E-state index in [9.17, 15) is 4.79 Å². The standard InChI is InChI=1S/C26H26ClN3O2/c1-19-7-2-3-8-22(19)26(31)28-16-15-25-29-23-9-4-5-10-24(23)30(25)17-6-18-32-21-13-11-20(27)12-14-21/h2-5,7-14H,6,15-18H2,1H3,(H,28,31). The van der Waals surface area contributed by atoms with Gasteiger partial charge in [-0.25, -0.2) is 4.98 Å². The van der Waals surface area contributed by atoms with E-state index in [1.165, 1.54) is 0 Å². The number of hydrogen-bond donors (Lipinski definition) is 1. The van der Waals surface area contributed by atoms with E-state index in [2.05, 4.69) is 16.0 Å². The second kappa shape index (κ2) is 10.3. The number of ether oxygens (including phenoxy) is 1. The van der Waals surface area contributed by atoms with E-state index < -0.39 is 0 Å². The third-order valence-electron chi connectivity index (χ3n) is 5.37. The van der Waals surface area contributed by atoms with Crippen molar-refractivity contribution in [3.05, 3.63) is 94.8 Å². The Morgan fingerprint density at radius 1 is 1.03 bits per heavy atom. The number of carbonyl (C=O) groups is 1. The molecule has 1 N–H and O–H groups in total. The lowest BCUT2D eigenvalue weighted by Gasteiger charge is -2.11. The van der Waals surface area contributed by atoms with Gasteiger partial charge >= 0.3 is 0 Å². The van der Waals surface area contributed by atoms with Gasteiger partial charge in [-0.3, -0.25) is 4.79 Å². The third-order valence-corrected chi connectivity index (χ3v) is 5.62. The molecule has 0 saturated heterocycles. The van der Waals surface area contributed by atoms with Crippen molar-refractivity contribution < 1.29 is 9.53 Å². The quantitative estimate of drug-likeness (QED) is 0.347. The molecule has 1 amide bonds. The second-order valence-electron chi connectivity index (χ2n) is 7.65. The maximum absolute atomic E-state index is 12.5. The summed E-state index contributed by atoms with van der Waals surface area (Å²) in [4.78, 5) is 17.3. The molecule has 164 valence electrons. The Balaban J connectivity index is 1.38. The van der Waals surface area contributed by atoms with Gasteiger partial charge < -0.3 is 14.6 Å². The summed E-state index contributed by atoms with van der Waals surface area (Å²) in [5.41, 5.74) is 3.74. The number of aryl methyl sites for hydroxylation is 2. The van der Waals surface area contributed by atoms with Crippen molar-refractivity contribution >= 4 is 28.5 Å². The van der Waals surface area contributed by atoms with Gasteiger partial charge in [0.15, 0.2) is 0 Å². The fourth-order valence-corrected chi connectivity index (χ4v) is 3.85. The van der Waals surface area contributed by atoms with Crippen LogP contribution in [0.2, 0.25) is 5.02 Å². The fraction of sp³-hybridized carbons (Fsp3) is 0.231. The largest absolute Gasteiger partial charge is 0.494 e. The van der Waals surface area contributed by atoms with Crippen LogP contribution in [-0.4, -0.2) is 28.6 Å². The Labute approximate surface area is 193 Å². The summed E-state index contributed by atoms with van der Waals surface area (Å²) in [6.07, 6.45) is 1.50. The van der Waals surface area contributed by atoms with E-state index in [1.807, 2.05) is 73.7 Å². The number of imidazole rings is 1. The van der Waals surface area contributed by atoms with Crippen molar-refractivity contribution in [1.82, 2.24) is 14.9 Å². The number of nitrogens with zero attached hydrogens (tertiary/aromatic N) is 2. The molecule has 0 unspecified atom stereocenters. The van der Waals surface area contributed by atoms with Crippen molar-refractivity contribution in [2.45, 2.75) is 26.3 Å². The normalized spacial score (nSPS) is 10.9. The zero-order valence-corrected chi connectivity index (χ0v) is 18.8. The summed E-state index contributed by atoms with van der Waals surface area (Å²) in [6, 6.07) is 23.1. The number of amides is 1. The summed E-state index contributed by atoms with van der Waals surface area (Å²) >= 11 is 5.93. The van der Waals surface area contributed by atoms with Gasteiger partial charge in [-0.1, -0.05) is 41.9 Å². The minimum absolute atomic E-state index is 0.0536. The molecular weight excluding hydrogens is 422 g/mol. The van der Waals surface area contributed by atoms with E-state index in [0.717, 1.165) is 41.1 Å². The number of benzene rings is 3. The van der Waals surface area contributed by atoms with Gasteiger partial charge in [0.1, 0.15) is 11.6 Å². The van der Waals surface area contributed by atoms with Gasteiger partial charge in [0.2, 0.25) is 0 Å². The molecule has 0 aliphatic heterocycles. The topological polar surface area (TPSA) is 56.2 Å². The molecule has 0 aliphatic rings. The Kier molecular flexibility index (Phi) is 7.07. The predicted octanol–water partition coefficient (Wildman–Crippen LogP) is 5.44. The number of carbonyl (C=O) groups excluding carboxylic acids is 1. The number of aromatic nitrogens is 2. The molecule has 1 aromatic heterocycles. The summed E-state index contributed by atoms with van der Waals surface area (Å²) in [6.45, 7) is 3.85. The molecule has 0 fully saturated rings. The minimum Gasteiger partial charge on any atom is -0.494 e. The molecule has 0 bridgehead atoms. The van der Waals surface area contributed by atoms with Crippen LogP contribution in [0.25, 0.3) is 11.0 Å². The number of fused-ring (bicyclic) bond motifs is 1. The van der Waals surface area contributed by atoms with Crippen LogP contribution in [0.4, 0.5) is 0 Å². The van der Waals surface area contributed by atoms with Gasteiger partial charge in [0.25, 0.3) is 5.91 Å².